The fraction of sp³-hybridized carbons (Fsp3) is 0.0909. The quantitative estimate of drug-likeness (QED) is 0.581. The number of benzene rings is 1. The second-order valence-corrected chi connectivity index (χ2v) is 5.93. The van der Waals surface area contributed by atoms with E-state index in [4.69, 9.17) is 35.4 Å². The van der Waals surface area contributed by atoms with Gasteiger partial charge in [0.2, 0.25) is 0 Å². The van der Waals surface area contributed by atoms with Crippen LogP contribution in [0.1, 0.15) is 5.56 Å². The molecule has 1 aliphatic rings. The standard InChI is InChI=1S/C11H7Cl2NOS2/c1-14-10(15)9(17-11(14)16)4-6-2-3-7(12)5-8(6)13/h2-5H,1H3. The summed E-state index contributed by atoms with van der Waals surface area (Å²) in [4.78, 5) is 13.8. The number of hydrogen-bond acceptors (Lipinski definition) is 3. The van der Waals surface area contributed by atoms with E-state index in [9.17, 15) is 4.79 Å². The van der Waals surface area contributed by atoms with Gasteiger partial charge in [-0.3, -0.25) is 9.69 Å². The molecule has 1 aromatic rings. The summed E-state index contributed by atoms with van der Waals surface area (Å²) in [6.07, 6.45) is 1.72. The molecule has 6 heteroatoms. The molecule has 2 nitrogen and oxygen atoms in total. The maximum Gasteiger partial charge on any atom is 0.265 e. The molecule has 0 aromatic heterocycles. The van der Waals surface area contributed by atoms with Crippen LogP contribution in [0.3, 0.4) is 0 Å². The first-order chi connectivity index (χ1) is 7.99. The molecule has 1 fully saturated rings. The fourth-order valence-electron chi connectivity index (χ4n) is 1.31. The van der Waals surface area contributed by atoms with Gasteiger partial charge < -0.3 is 0 Å². The Kier molecular flexibility index (Phi) is 3.78. The first kappa shape index (κ1) is 12.9. The van der Waals surface area contributed by atoms with E-state index in [0.717, 1.165) is 5.56 Å². The van der Waals surface area contributed by atoms with Crippen LogP contribution in [0.2, 0.25) is 10.0 Å². The molecule has 0 atom stereocenters. The highest BCUT2D eigenvalue weighted by atomic mass is 35.5. The zero-order valence-corrected chi connectivity index (χ0v) is 11.9. The Hall–Kier alpha value is -0.550. The number of amides is 1. The van der Waals surface area contributed by atoms with Gasteiger partial charge in [0.1, 0.15) is 4.32 Å². The van der Waals surface area contributed by atoms with Gasteiger partial charge in [-0.05, 0) is 23.8 Å². The van der Waals surface area contributed by atoms with Crippen LogP contribution in [0.5, 0.6) is 0 Å². The van der Waals surface area contributed by atoms with Crippen molar-refractivity contribution in [3.63, 3.8) is 0 Å². The predicted octanol–water partition coefficient (Wildman–Crippen LogP) is 3.82. The number of rotatable bonds is 1. The van der Waals surface area contributed by atoms with Crippen LogP contribution in [-0.2, 0) is 4.79 Å². The molecular formula is C11H7Cl2NOS2. The zero-order valence-electron chi connectivity index (χ0n) is 8.74. The summed E-state index contributed by atoms with van der Waals surface area (Å²) >= 11 is 18.1. The first-order valence-electron chi connectivity index (χ1n) is 4.65. The highest BCUT2D eigenvalue weighted by molar-refractivity contribution is 8.26. The van der Waals surface area contributed by atoms with Crippen molar-refractivity contribution in [1.29, 1.82) is 0 Å². The van der Waals surface area contributed by atoms with E-state index in [1.807, 2.05) is 0 Å². The van der Waals surface area contributed by atoms with Crippen molar-refractivity contribution in [3.8, 4) is 0 Å². The summed E-state index contributed by atoms with van der Waals surface area (Å²) in [6, 6.07) is 5.14. The molecule has 0 spiro atoms. The number of nitrogens with zero attached hydrogens (tertiary/aromatic N) is 1. The van der Waals surface area contributed by atoms with E-state index in [2.05, 4.69) is 0 Å². The van der Waals surface area contributed by atoms with Crippen molar-refractivity contribution in [2.45, 2.75) is 0 Å². The second-order valence-electron chi connectivity index (χ2n) is 3.41. The van der Waals surface area contributed by atoms with E-state index < -0.39 is 0 Å². The minimum Gasteiger partial charge on any atom is -0.296 e. The predicted molar refractivity (Wildman–Crippen MR) is 77.4 cm³/mol. The lowest BCUT2D eigenvalue weighted by Crippen LogP contribution is -2.22. The average molecular weight is 304 g/mol. The molecule has 1 heterocycles. The summed E-state index contributed by atoms with van der Waals surface area (Å²) in [5, 5.41) is 1.08. The van der Waals surface area contributed by atoms with Gasteiger partial charge in [-0.2, -0.15) is 0 Å². The van der Waals surface area contributed by atoms with E-state index in [-0.39, 0.29) is 5.91 Å². The molecule has 0 saturated carbocycles. The van der Waals surface area contributed by atoms with Gasteiger partial charge in [-0.15, -0.1) is 0 Å². The van der Waals surface area contributed by atoms with Crippen LogP contribution in [0.15, 0.2) is 23.1 Å². The normalized spacial score (nSPS) is 18.3. The van der Waals surface area contributed by atoms with Crippen molar-refractivity contribution < 1.29 is 4.79 Å². The molecule has 1 saturated heterocycles. The molecule has 0 N–H and O–H groups in total. The van der Waals surface area contributed by atoms with Crippen LogP contribution in [0.4, 0.5) is 0 Å². The second kappa shape index (κ2) is 4.98. The maximum absolute atomic E-state index is 11.8. The number of carbonyl (C=O) groups is 1. The molecule has 2 rings (SSSR count). The molecule has 88 valence electrons. The fourth-order valence-corrected chi connectivity index (χ4v) is 2.94. The Morgan fingerprint density at radius 2 is 2.12 bits per heavy atom. The number of hydrogen-bond donors (Lipinski definition) is 0. The third-order valence-corrected chi connectivity index (χ3v) is 4.28. The largest absolute Gasteiger partial charge is 0.296 e. The smallest absolute Gasteiger partial charge is 0.265 e. The lowest BCUT2D eigenvalue weighted by Gasteiger charge is -2.03. The zero-order chi connectivity index (χ0) is 12.6. The van der Waals surface area contributed by atoms with Crippen LogP contribution in [-0.4, -0.2) is 22.2 Å². The van der Waals surface area contributed by atoms with Crippen LogP contribution < -0.4 is 0 Å². The topological polar surface area (TPSA) is 20.3 Å². The SMILES string of the molecule is CN1C(=O)C(=Cc2ccc(Cl)cc2Cl)SC1=S. The van der Waals surface area contributed by atoms with Gasteiger partial charge in [0, 0.05) is 17.1 Å². The van der Waals surface area contributed by atoms with Gasteiger partial charge in [-0.1, -0.05) is 53.2 Å². The summed E-state index contributed by atoms with van der Waals surface area (Å²) in [5.41, 5.74) is 0.755. The molecule has 0 radical (unpaired) electrons. The average Bonchev–Trinajstić information content (AvgIpc) is 2.50. The van der Waals surface area contributed by atoms with Gasteiger partial charge in [0.15, 0.2) is 0 Å². The summed E-state index contributed by atoms with van der Waals surface area (Å²) in [7, 11) is 1.65. The van der Waals surface area contributed by atoms with E-state index in [0.29, 0.717) is 19.3 Å². The highest BCUT2D eigenvalue weighted by Crippen LogP contribution is 2.33. The Labute approximate surface area is 119 Å². The number of thiocarbonyl (C=S) groups is 1. The number of likely N-dealkylation sites (N-methyl/N-ethyl adjacent to an activating group) is 1. The lowest BCUT2D eigenvalue weighted by molar-refractivity contribution is -0.121. The van der Waals surface area contributed by atoms with E-state index >= 15 is 0 Å². The molecule has 0 bridgehead atoms. The van der Waals surface area contributed by atoms with E-state index in [1.165, 1.54) is 16.7 Å². The summed E-state index contributed by atoms with van der Waals surface area (Å²) in [6.45, 7) is 0. The Morgan fingerprint density at radius 3 is 2.65 bits per heavy atom. The first-order valence-corrected chi connectivity index (χ1v) is 6.63. The minimum absolute atomic E-state index is 0.106. The Morgan fingerprint density at radius 1 is 1.41 bits per heavy atom. The molecular weight excluding hydrogens is 297 g/mol. The Bertz CT molecular complexity index is 542. The number of thioether (sulfide) groups is 1. The van der Waals surface area contributed by atoms with Crippen molar-refractivity contribution in [2.75, 3.05) is 7.05 Å². The van der Waals surface area contributed by atoms with Crippen LogP contribution >= 0.6 is 47.2 Å². The van der Waals surface area contributed by atoms with Crippen molar-refractivity contribution in [3.05, 3.63) is 38.7 Å². The Balaban J connectivity index is 2.37. The number of carbonyl (C=O) groups excluding carboxylic acids is 1. The van der Waals surface area contributed by atoms with Crippen LogP contribution in [0.25, 0.3) is 6.08 Å². The van der Waals surface area contributed by atoms with Gasteiger partial charge in [0.05, 0.1) is 4.91 Å². The third-order valence-electron chi connectivity index (χ3n) is 2.24. The van der Waals surface area contributed by atoms with Crippen molar-refractivity contribution >= 4 is 63.5 Å². The molecule has 17 heavy (non-hydrogen) atoms. The molecule has 0 aliphatic carbocycles. The molecule has 0 unspecified atom stereocenters. The monoisotopic (exact) mass is 303 g/mol. The summed E-state index contributed by atoms with van der Waals surface area (Å²) < 4.78 is 0.548. The summed E-state index contributed by atoms with van der Waals surface area (Å²) in [5.74, 6) is -0.106. The van der Waals surface area contributed by atoms with Gasteiger partial charge in [0.25, 0.3) is 5.91 Å². The van der Waals surface area contributed by atoms with Crippen molar-refractivity contribution in [1.82, 2.24) is 4.90 Å². The molecule has 1 aliphatic heterocycles. The number of halogens is 2. The van der Waals surface area contributed by atoms with Crippen LogP contribution in [0, 0.1) is 0 Å². The third kappa shape index (κ3) is 2.65. The van der Waals surface area contributed by atoms with Crippen molar-refractivity contribution in [2.24, 2.45) is 0 Å². The van der Waals surface area contributed by atoms with E-state index in [1.54, 1.807) is 31.3 Å². The highest BCUT2D eigenvalue weighted by Gasteiger charge is 2.28. The lowest BCUT2D eigenvalue weighted by atomic mass is 10.2. The maximum atomic E-state index is 11.8. The van der Waals surface area contributed by atoms with Gasteiger partial charge >= 0.3 is 0 Å². The van der Waals surface area contributed by atoms with Gasteiger partial charge in [-0.25, -0.2) is 0 Å². The minimum atomic E-state index is -0.106. The molecule has 1 amide bonds. The molecule has 1 aromatic carbocycles.